The van der Waals surface area contributed by atoms with Crippen molar-refractivity contribution in [3.63, 3.8) is 0 Å². The van der Waals surface area contributed by atoms with Gasteiger partial charge in [0.25, 0.3) is 0 Å². The number of hydrogen-bond acceptors (Lipinski definition) is 5. The molecule has 2 saturated heterocycles. The van der Waals surface area contributed by atoms with Gasteiger partial charge in [0, 0.05) is 24.4 Å². The summed E-state index contributed by atoms with van der Waals surface area (Å²) in [6, 6.07) is 3.63. The minimum absolute atomic E-state index is 0.0920. The first-order chi connectivity index (χ1) is 13.3. The number of amides is 3. The molecule has 0 radical (unpaired) electrons. The second kappa shape index (κ2) is 6.39. The fourth-order valence-corrected chi connectivity index (χ4v) is 5.09. The van der Waals surface area contributed by atoms with Crippen LogP contribution in [0.4, 0.5) is 5.69 Å². The number of aryl methyl sites for hydroxylation is 1. The molecular weight excluding hydrogens is 358 g/mol. The van der Waals surface area contributed by atoms with Gasteiger partial charge in [-0.05, 0) is 30.9 Å². The van der Waals surface area contributed by atoms with Crippen LogP contribution < -0.4 is 10.6 Å². The van der Waals surface area contributed by atoms with E-state index in [1.165, 1.54) is 12.0 Å². The Morgan fingerprint density at radius 1 is 1.18 bits per heavy atom. The lowest BCUT2D eigenvalue weighted by Gasteiger charge is -2.30. The van der Waals surface area contributed by atoms with Crippen molar-refractivity contribution in [3.05, 3.63) is 28.8 Å². The highest BCUT2D eigenvalue weighted by molar-refractivity contribution is 6.15. The highest BCUT2D eigenvalue weighted by atomic mass is 16.5. The molecule has 2 N–H and O–H groups in total. The molecule has 3 aliphatic rings. The first kappa shape index (κ1) is 19.1. The van der Waals surface area contributed by atoms with E-state index in [0.717, 1.165) is 22.4 Å². The molecule has 3 heterocycles. The van der Waals surface area contributed by atoms with Gasteiger partial charge in [0.2, 0.25) is 17.7 Å². The van der Waals surface area contributed by atoms with Gasteiger partial charge in [-0.15, -0.1) is 0 Å². The third-order valence-electron chi connectivity index (χ3n) is 6.68. The molecule has 7 heteroatoms. The van der Waals surface area contributed by atoms with E-state index in [1.54, 1.807) is 0 Å². The van der Waals surface area contributed by atoms with Crippen LogP contribution >= 0.6 is 0 Å². The standard InChI is InChI=1S/C21H27N3O4/c1-10(2)16-14-15(19(26)24(18(14)25)8-9-28-5)21(23-16)13-7-6-11(3)12(4)17(13)22-20(21)27/h6-7,10,14-16,23H,8-9H2,1-5H3,(H,22,27). The van der Waals surface area contributed by atoms with Crippen molar-refractivity contribution in [2.75, 3.05) is 25.6 Å². The van der Waals surface area contributed by atoms with Crippen LogP contribution in [0.3, 0.4) is 0 Å². The Morgan fingerprint density at radius 2 is 1.89 bits per heavy atom. The number of carbonyl (C=O) groups excluding carboxylic acids is 3. The minimum atomic E-state index is -1.21. The number of likely N-dealkylation sites (tertiary alicyclic amines) is 1. The minimum Gasteiger partial charge on any atom is -0.383 e. The zero-order chi connectivity index (χ0) is 20.4. The predicted octanol–water partition coefficient (Wildman–Crippen LogP) is 1.33. The number of methoxy groups -OCH3 is 1. The third-order valence-corrected chi connectivity index (χ3v) is 6.68. The fourth-order valence-electron chi connectivity index (χ4n) is 5.09. The SMILES string of the molecule is COCCN1C(=O)C2C(C(C)C)NC3(C(=O)Nc4c3ccc(C)c4C)C2C1=O. The van der Waals surface area contributed by atoms with Crippen LogP contribution in [0.15, 0.2) is 12.1 Å². The molecule has 4 atom stereocenters. The molecule has 0 saturated carbocycles. The Hall–Kier alpha value is -2.25. The van der Waals surface area contributed by atoms with Crippen LogP contribution in [0.1, 0.15) is 30.5 Å². The van der Waals surface area contributed by atoms with Crippen molar-refractivity contribution in [2.45, 2.75) is 39.3 Å². The summed E-state index contributed by atoms with van der Waals surface area (Å²) < 4.78 is 5.08. The molecule has 2 fully saturated rings. The second-order valence-corrected chi connectivity index (χ2v) is 8.43. The van der Waals surface area contributed by atoms with Crippen LogP contribution in [-0.2, 0) is 24.7 Å². The van der Waals surface area contributed by atoms with Gasteiger partial charge in [-0.3, -0.25) is 24.6 Å². The molecule has 150 valence electrons. The number of anilines is 1. The summed E-state index contributed by atoms with van der Waals surface area (Å²) in [5, 5.41) is 6.44. The van der Waals surface area contributed by atoms with E-state index in [-0.39, 0.29) is 42.8 Å². The number of nitrogens with zero attached hydrogens (tertiary/aromatic N) is 1. The lowest BCUT2D eigenvalue weighted by Crippen LogP contribution is -2.54. The molecule has 1 spiro atoms. The van der Waals surface area contributed by atoms with Crippen LogP contribution in [0, 0.1) is 31.6 Å². The van der Waals surface area contributed by atoms with Gasteiger partial charge in [0.1, 0.15) is 5.54 Å². The smallest absolute Gasteiger partial charge is 0.250 e. The molecular formula is C21H27N3O4. The molecule has 1 aromatic rings. The van der Waals surface area contributed by atoms with E-state index in [1.807, 2.05) is 39.8 Å². The Kier molecular flexibility index (Phi) is 4.35. The lowest BCUT2D eigenvalue weighted by atomic mass is 9.75. The monoisotopic (exact) mass is 385 g/mol. The molecule has 3 amide bonds. The normalized spacial score (nSPS) is 31.1. The van der Waals surface area contributed by atoms with Crippen molar-refractivity contribution >= 4 is 23.4 Å². The molecule has 3 aliphatic heterocycles. The molecule has 28 heavy (non-hydrogen) atoms. The van der Waals surface area contributed by atoms with E-state index >= 15 is 0 Å². The number of hydrogen-bond donors (Lipinski definition) is 2. The highest BCUT2D eigenvalue weighted by Gasteiger charge is 2.70. The van der Waals surface area contributed by atoms with Crippen LogP contribution in [-0.4, -0.2) is 48.9 Å². The maximum atomic E-state index is 13.4. The zero-order valence-electron chi connectivity index (χ0n) is 17.0. The Bertz CT molecular complexity index is 881. The topological polar surface area (TPSA) is 87.7 Å². The van der Waals surface area contributed by atoms with Crippen LogP contribution in [0.2, 0.25) is 0 Å². The summed E-state index contributed by atoms with van der Waals surface area (Å²) in [4.78, 5) is 41.1. The van der Waals surface area contributed by atoms with E-state index in [4.69, 9.17) is 4.74 Å². The van der Waals surface area contributed by atoms with Gasteiger partial charge in [0.05, 0.1) is 25.0 Å². The lowest BCUT2D eigenvalue weighted by molar-refractivity contribution is -0.143. The molecule has 0 aromatic heterocycles. The van der Waals surface area contributed by atoms with Crippen LogP contribution in [0.5, 0.6) is 0 Å². The highest BCUT2D eigenvalue weighted by Crippen LogP contribution is 2.54. The van der Waals surface area contributed by atoms with Gasteiger partial charge in [-0.25, -0.2) is 0 Å². The van der Waals surface area contributed by atoms with Gasteiger partial charge < -0.3 is 10.1 Å². The Morgan fingerprint density at radius 3 is 2.54 bits per heavy atom. The maximum absolute atomic E-state index is 13.4. The van der Waals surface area contributed by atoms with E-state index in [2.05, 4.69) is 10.6 Å². The number of ether oxygens (including phenoxy) is 1. The Balaban J connectivity index is 1.88. The number of imide groups is 1. The molecule has 7 nitrogen and oxygen atoms in total. The zero-order valence-corrected chi connectivity index (χ0v) is 17.0. The number of fused-ring (bicyclic) bond motifs is 4. The first-order valence-corrected chi connectivity index (χ1v) is 9.79. The quantitative estimate of drug-likeness (QED) is 0.764. The largest absolute Gasteiger partial charge is 0.383 e. The summed E-state index contributed by atoms with van der Waals surface area (Å²) >= 11 is 0. The first-order valence-electron chi connectivity index (χ1n) is 9.79. The van der Waals surface area contributed by atoms with Gasteiger partial charge in [0.15, 0.2) is 0 Å². The number of nitrogens with one attached hydrogen (secondary N) is 2. The van der Waals surface area contributed by atoms with Crippen molar-refractivity contribution in [1.82, 2.24) is 10.2 Å². The Labute approximate surface area is 164 Å². The average Bonchev–Trinajstić information content (AvgIpc) is 3.23. The van der Waals surface area contributed by atoms with Gasteiger partial charge in [-0.1, -0.05) is 26.0 Å². The average molecular weight is 385 g/mol. The van der Waals surface area contributed by atoms with E-state index in [0.29, 0.717) is 0 Å². The van der Waals surface area contributed by atoms with Crippen molar-refractivity contribution in [3.8, 4) is 0 Å². The predicted molar refractivity (Wildman–Crippen MR) is 104 cm³/mol. The number of carbonyl (C=O) groups is 3. The third kappa shape index (κ3) is 2.26. The molecule has 1 aromatic carbocycles. The fraction of sp³-hybridized carbons (Fsp3) is 0.571. The molecule has 0 aliphatic carbocycles. The summed E-state index contributed by atoms with van der Waals surface area (Å²) in [6.45, 7) is 8.47. The van der Waals surface area contributed by atoms with Crippen molar-refractivity contribution < 1.29 is 19.1 Å². The summed E-state index contributed by atoms with van der Waals surface area (Å²) in [7, 11) is 1.54. The summed E-state index contributed by atoms with van der Waals surface area (Å²) in [5.74, 6) is -1.95. The van der Waals surface area contributed by atoms with Gasteiger partial charge in [-0.2, -0.15) is 0 Å². The van der Waals surface area contributed by atoms with E-state index < -0.39 is 17.4 Å². The molecule has 0 bridgehead atoms. The maximum Gasteiger partial charge on any atom is 0.250 e. The number of rotatable bonds is 4. The molecule has 4 unspecified atom stereocenters. The second-order valence-electron chi connectivity index (χ2n) is 8.43. The van der Waals surface area contributed by atoms with Crippen molar-refractivity contribution in [2.24, 2.45) is 17.8 Å². The van der Waals surface area contributed by atoms with Crippen LogP contribution in [0.25, 0.3) is 0 Å². The number of benzene rings is 1. The van der Waals surface area contributed by atoms with E-state index in [9.17, 15) is 14.4 Å². The summed E-state index contributed by atoms with van der Waals surface area (Å²) in [6.07, 6.45) is 0. The molecule has 4 rings (SSSR count). The van der Waals surface area contributed by atoms with Crippen molar-refractivity contribution in [1.29, 1.82) is 0 Å². The van der Waals surface area contributed by atoms with Gasteiger partial charge >= 0.3 is 0 Å². The summed E-state index contributed by atoms with van der Waals surface area (Å²) in [5.41, 5.74) is 2.38.